The number of aryl methyl sites for hydroxylation is 1. The number of aromatic amines is 2. The summed E-state index contributed by atoms with van der Waals surface area (Å²) < 4.78 is 0. The standard InChI is InChI=1S/C17H24N6O/c24-17(16-13-3-1-2-4-14(13)21-22-16)20-9-12-5-8-23(10-12)11-15-18-6-7-19-15/h6-7,12H,1-5,8-11H2,(H,18,19)(H,20,24)(H,21,22). The number of nitrogens with one attached hydrogen (secondary N) is 3. The second-order valence-electron chi connectivity index (χ2n) is 6.87. The molecule has 3 heterocycles. The molecule has 2 aromatic heterocycles. The number of fused-ring (bicyclic) bond motifs is 1. The number of carbonyl (C=O) groups excluding carboxylic acids is 1. The summed E-state index contributed by atoms with van der Waals surface area (Å²) in [6.45, 7) is 3.62. The molecule has 2 aliphatic rings. The number of carbonyl (C=O) groups is 1. The van der Waals surface area contributed by atoms with E-state index in [2.05, 4.69) is 30.4 Å². The van der Waals surface area contributed by atoms with Gasteiger partial charge in [-0.25, -0.2) is 4.98 Å². The number of amides is 1. The number of hydrogen-bond acceptors (Lipinski definition) is 4. The first-order valence-electron chi connectivity index (χ1n) is 8.84. The third-order valence-corrected chi connectivity index (χ3v) is 5.12. The molecular formula is C17H24N6O. The number of imidazole rings is 1. The van der Waals surface area contributed by atoms with Crippen molar-refractivity contribution in [2.24, 2.45) is 5.92 Å². The maximum Gasteiger partial charge on any atom is 0.272 e. The highest BCUT2D eigenvalue weighted by molar-refractivity contribution is 5.94. The Balaban J connectivity index is 1.28. The minimum absolute atomic E-state index is 0.0288. The fraction of sp³-hybridized carbons (Fsp3) is 0.588. The van der Waals surface area contributed by atoms with Crippen LogP contribution in [0.15, 0.2) is 12.4 Å². The van der Waals surface area contributed by atoms with Crippen molar-refractivity contribution in [2.45, 2.75) is 38.6 Å². The normalized spacial score (nSPS) is 20.9. The van der Waals surface area contributed by atoms with Crippen LogP contribution in [0.25, 0.3) is 0 Å². The van der Waals surface area contributed by atoms with Crippen molar-refractivity contribution in [1.82, 2.24) is 30.4 Å². The summed E-state index contributed by atoms with van der Waals surface area (Å²) in [7, 11) is 0. The van der Waals surface area contributed by atoms with E-state index in [-0.39, 0.29) is 5.91 Å². The average molecular weight is 328 g/mol. The molecule has 1 aliphatic carbocycles. The highest BCUT2D eigenvalue weighted by atomic mass is 16.1. The summed E-state index contributed by atoms with van der Waals surface area (Å²) in [6, 6.07) is 0. The van der Waals surface area contributed by atoms with Crippen LogP contribution in [0.1, 0.15) is 46.8 Å². The summed E-state index contributed by atoms with van der Waals surface area (Å²) >= 11 is 0. The van der Waals surface area contributed by atoms with Crippen molar-refractivity contribution >= 4 is 5.91 Å². The van der Waals surface area contributed by atoms with Crippen molar-refractivity contribution in [3.05, 3.63) is 35.2 Å². The molecule has 4 rings (SSSR count). The molecule has 7 nitrogen and oxygen atoms in total. The fourth-order valence-electron chi connectivity index (χ4n) is 3.81. The van der Waals surface area contributed by atoms with Crippen LogP contribution >= 0.6 is 0 Å². The lowest BCUT2D eigenvalue weighted by molar-refractivity contribution is 0.0941. The van der Waals surface area contributed by atoms with Crippen LogP contribution in [0, 0.1) is 5.92 Å². The molecule has 2 aromatic rings. The molecule has 0 aromatic carbocycles. The third-order valence-electron chi connectivity index (χ3n) is 5.12. The monoisotopic (exact) mass is 328 g/mol. The van der Waals surface area contributed by atoms with Crippen molar-refractivity contribution in [1.29, 1.82) is 0 Å². The Kier molecular flexibility index (Phi) is 4.34. The van der Waals surface area contributed by atoms with Crippen molar-refractivity contribution in [3.63, 3.8) is 0 Å². The van der Waals surface area contributed by atoms with Crippen molar-refractivity contribution < 1.29 is 4.79 Å². The fourth-order valence-corrected chi connectivity index (χ4v) is 3.81. The zero-order valence-corrected chi connectivity index (χ0v) is 13.8. The average Bonchev–Trinajstić information content (AvgIpc) is 3.34. The number of rotatable bonds is 5. The van der Waals surface area contributed by atoms with E-state index in [1.807, 2.05) is 6.20 Å². The summed E-state index contributed by atoms with van der Waals surface area (Å²) in [5, 5.41) is 10.4. The smallest absolute Gasteiger partial charge is 0.272 e. The second kappa shape index (κ2) is 6.76. The molecule has 1 atom stereocenters. The van der Waals surface area contributed by atoms with Crippen LogP contribution in [0.4, 0.5) is 0 Å². The molecule has 0 saturated carbocycles. The topological polar surface area (TPSA) is 89.7 Å². The van der Waals surface area contributed by atoms with E-state index in [0.717, 1.165) is 68.9 Å². The number of aromatic nitrogens is 4. The minimum Gasteiger partial charge on any atom is -0.350 e. The van der Waals surface area contributed by atoms with Crippen molar-refractivity contribution in [3.8, 4) is 0 Å². The molecule has 1 amide bonds. The van der Waals surface area contributed by atoms with Gasteiger partial charge in [0, 0.05) is 36.7 Å². The predicted molar refractivity (Wildman–Crippen MR) is 89.5 cm³/mol. The second-order valence-corrected chi connectivity index (χ2v) is 6.87. The van der Waals surface area contributed by atoms with Gasteiger partial charge in [-0.15, -0.1) is 0 Å². The molecule has 1 saturated heterocycles. The predicted octanol–water partition coefficient (Wildman–Crippen LogP) is 1.26. The summed E-state index contributed by atoms with van der Waals surface area (Å²) in [4.78, 5) is 22.2. The van der Waals surface area contributed by atoms with Gasteiger partial charge in [-0.2, -0.15) is 5.10 Å². The molecule has 1 fully saturated rings. The van der Waals surface area contributed by atoms with E-state index in [1.54, 1.807) is 6.20 Å². The first-order valence-corrected chi connectivity index (χ1v) is 8.84. The van der Waals surface area contributed by atoms with Crippen LogP contribution < -0.4 is 5.32 Å². The third kappa shape index (κ3) is 3.21. The van der Waals surface area contributed by atoms with Gasteiger partial charge in [0.2, 0.25) is 0 Å². The van der Waals surface area contributed by atoms with Crippen LogP contribution in [0.5, 0.6) is 0 Å². The van der Waals surface area contributed by atoms with E-state index in [1.165, 1.54) is 6.42 Å². The van der Waals surface area contributed by atoms with Gasteiger partial charge in [0.15, 0.2) is 5.69 Å². The molecule has 24 heavy (non-hydrogen) atoms. The molecule has 1 aliphatic heterocycles. The van der Waals surface area contributed by atoms with E-state index in [9.17, 15) is 4.79 Å². The molecule has 7 heteroatoms. The van der Waals surface area contributed by atoms with Crippen molar-refractivity contribution in [2.75, 3.05) is 19.6 Å². The van der Waals surface area contributed by atoms with Gasteiger partial charge in [0.1, 0.15) is 5.82 Å². The summed E-state index contributed by atoms with van der Waals surface area (Å²) in [5.74, 6) is 1.47. The molecule has 128 valence electrons. The Hall–Kier alpha value is -2.15. The summed E-state index contributed by atoms with van der Waals surface area (Å²) in [5.41, 5.74) is 2.89. The SMILES string of the molecule is O=C(NCC1CCN(Cc2ncc[nH]2)C1)c1n[nH]c2c1CCCC2. The van der Waals surface area contributed by atoms with E-state index >= 15 is 0 Å². The van der Waals surface area contributed by atoms with Gasteiger partial charge < -0.3 is 10.3 Å². The molecule has 3 N–H and O–H groups in total. The minimum atomic E-state index is -0.0288. The quantitative estimate of drug-likeness (QED) is 0.771. The first kappa shape index (κ1) is 15.4. The number of likely N-dealkylation sites (tertiary alicyclic amines) is 1. The van der Waals surface area contributed by atoms with Crippen LogP contribution in [0.2, 0.25) is 0 Å². The van der Waals surface area contributed by atoms with E-state index in [4.69, 9.17) is 0 Å². The maximum atomic E-state index is 12.5. The lowest BCUT2D eigenvalue weighted by Gasteiger charge is -2.15. The van der Waals surface area contributed by atoms with Crippen LogP contribution in [0.3, 0.4) is 0 Å². The van der Waals surface area contributed by atoms with E-state index in [0.29, 0.717) is 11.6 Å². The van der Waals surface area contributed by atoms with Gasteiger partial charge in [0.25, 0.3) is 5.91 Å². The Labute approximate surface area is 141 Å². The van der Waals surface area contributed by atoms with Crippen LogP contribution in [-0.4, -0.2) is 50.6 Å². The molecule has 0 radical (unpaired) electrons. The Morgan fingerprint density at radius 1 is 1.38 bits per heavy atom. The Bertz CT molecular complexity index is 692. The lowest BCUT2D eigenvalue weighted by Crippen LogP contribution is -2.32. The highest BCUT2D eigenvalue weighted by Gasteiger charge is 2.25. The van der Waals surface area contributed by atoms with Gasteiger partial charge in [0.05, 0.1) is 6.54 Å². The van der Waals surface area contributed by atoms with Gasteiger partial charge in [-0.05, 0) is 44.6 Å². The first-order chi connectivity index (χ1) is 11.8. The zero-order chi connectivity index (χ0) is 16.4. The lowest BCUT2D eigenvalue weighted by atomic mass is 9.95. The Morgan fingerprint density at radius 3 is 3.17 bits per heavy atom. The largest absolute Gasteiger partial charge is 0.350 e. The highest BCUT2D eigenvalue weighted by Crippen LogP contribution is 2.22. The molecule has 0 spiro atoms. The Morgan fingerprint density at radius 2 is 2.29 bits per heavy atom. The molecular weight excluding hydrogens is 304 g/mol. The van der Waals surface area contributed by atoms with Gasteiger partial charge in [-0.1, -0.05) is 0 Å². The number of H-pyrrole nitrogens is 2. The molecule has 1 unspecified atom stereocenters. The zero-order valence-electron chi connectivity index (χ0n) is 13.8. The number of hydrogen-bond donors (Lipinski definition) is 3. The number of nitrogens with zero attached hydrogens (tertiary/aromatic N) is 3. The van der Waals surface area contributed by atoms with Gasteiger partial charge in [-0.3, -0.25) is 14.8 Å². The maximum absolute atomic E-state index is 12.5. The van der Waals surface area contributed by atoms with E-state index < -0.39 is 0 Å². The summed E-state index contributed by atoms with van der Waals surface area (Å²) in [6.07, 6.45) is 9.07. The van der Waals surface area contributed by atoms with Crippen LogP contribution in [-0.2, 0) is 19.4 Å². The molecule has 0 bridgehead atoms. The van der Waals surface area contributed by atoms with Gasteiger partial charge >= 0.3 is 0 Å².